The van der Waals surface area contributed by atoms with E-state index >= 15 is 0 Å². The van der Waals surface area contributed by atoms with Crippen LogP contribution in [0.15, 0.2) is 17.5 Å². The summed E-state index contributed by atoms with van der Waals surface area (Å²) in [7, 11) is 0. The second-order valence-corrected chi connectivity index (χ2v) is 4.89. The first-order valence-electron chi connectivity index (χ1n) is 3.79. The van der Waals surface area contributed by atoms with Gasteiger partial charge in [-0.3, -0.25) is 0 Å². The highest BCUT2D eigenvalue weighted by molar-refractivity contribution is 14.1. The van der Waals surface area contributed by atoms with Gasteiger partial charge in [0, 0.05) is 13.7 Å². The highest BCUT2D eigenvalue weighted by Gasteiger charge is 2.15. The molecule has 5 heteroatoms. The summed E-state index contributed by atoms with van der Waals surface area (Å²) in [5.41, 5.74) is 6.35. The maximum absolute atomic E-state index is 10.9. The van der Waals surface area contributed by atoms with Crippen LogP contribution in [0, 0.1) is 3.57 Å². The number of halogens is 1. The normalized spacial score (nSPS) is 10.6. The SMILES string of the molecule is Nc1c(C(=O)O)c(I)cc2sccc12. The number of carboxylic acids is 1. The van der Waals surface area contributed by atoms with Gasteiger partial charge in [0.25, 0.3) is 0 Å². The van der Waals surface area contributed by atoms with Gasteiger partial charge in [-0.05, 0) is 40.1 Å². The van der Waals surface area contributed by atoms with E-state index in [2.05, 4.69) is 0 Å². The van der Waals surface area contributed by atoms with Crippen molar-refractivity contribution in [2.45, 2.75) is 0 Å². The van der Waals surface area contributed by atoms with E-state index in [0.29, 0.717) is 9.26 Å². The third-order valence-electron chi connectivity index (χ3n) is 1.97. The molecule has 0 aliphatic rings. The van der Waals surface area contributed by atoms with Crippen molar-refractivity contribution >= 4 is 55.7 Å². The summed E-state index contributed by atoms with van der Waals surface area (Å²) in [6.45, 7) is 0. The molecule has 0 amide bonds. The average Bonchev–Trinajstić information content (AvgIpc) is 2.50. The fourth-order valence-electron chi connectivity index (χ4n) is 1.32. The number of carbonyl (C=O) groups is 1. The van der Waals surface area contributed by atoms with E-state index in [4.69, 9.17) is 10.8 Å². The Morgan fingerprint density at radius 3 is 2.93 bits per heavy atom. The Kier molecular flexibility index (Phi) is 2.36. The van der Waals surface area contributed by atoms with Crippen LogP contribution in [0.5, 0.6) is 0 Å². The molecule has 0 spiro atoms. The molecule has 0 saturated carbocycles. The highest BCUT2D eigenvalue weighted by atomic mass is 127. The third-order valence-corrected chi connectivity index (χ3v) is 3.68. The van der Waals surface area contributed by atoms with Crippen LogP contribution in [-0.4, -0.2) is 11.1 Å². The number of hydrogen-bond acceptors (Lipinski definition) is 3. The van der Waals surface area contributed by atoms with E-state index < -0.39 is 5.97 Å². The zero-order chi connectivity index (χ0) is 10.3. The Hall–Kier alpha value is -0.820. The Morgan fingerprint density at radius 2 is 2.29 bits per heavy atom. The Balaban J connectivity index is 2.89. The molecule has 3 nitrogen and oxygen atoms in total. The van der Waals surface area contributed by atoms with Crippen LogP contribution >= 0.6 is 33.9 Å². The first-order valence-corrected chi connectivity index (χ1v) is 5.75. The number of thiophene rings is 1. The topological polar surface area (TPSA) is 63.3 Å². The van der Waals surface area contributed by atoms with E-state index in [1.807, 2.05) is 40.1 Å². The second kappa shape index (κ2) is 3.39. The number of hydrogen-bond donors (Lipinski definition) is 2. The third kappa shape index (κ3) is 1.36. The molecule has 1 aromatic carbocycles. The molecule has 1 aromatic heterocycles. The van der Waals surface area contributed by atoms with Crippen LogP contribution in [0.1, 0.15) is 10.4 Å². The lowest BCUT2D eigenvalue weighted by molar-refractivity contribution is 0.0697. The molecule has 1 heterocycles. The van der Waals surface area contributed by atoms with Crippen LogP contribution in [0.25, 0.3) is 10.1 Å². The molecule has 0 unspecified atom stereocenters. The average molecular weight is 319 g/mol. The second-order valence-electron chi connectivity index (χ2n) is 2.78. The summed E-state index contributed by atoms with van der Waals surface area (Å²) in [5, 5.41) is 11.7. The number of benzene rings is 1. The van der Waals surface area contributed by atoms with Crippen molar-refractivity contribution < 1.29 is 9.90 Å². The predicted octanol–water partition coefficient (Wildman–Crippen LogP) is 2.79. The van der Waals surface area contributed by atoms with Gasteiger partial charge in [-0.2, -0.15) is 0 Å². The molecule has 2 rings (SSSR count). The monoisotopic (exact) mass is 319 g/mol. The molecule has 0 atom stereocenters. The number of carboxylic acid groups (broad SMARTS) is 1. The first kappa shape index (κ1) is 9.72. The van der Waals surface area contributed by atoms with Crippen LogP contribution in [-0.2, 0) is 0 Å². The van der Waals surface area contributed by atoms with Crippen molar-refractivity contribution in [3.8, 4) is 0 Å². The number of nitrogen functional groups attached to an aromatic ring is 1. The lowest BCUT2D eigenvalue weighted by Gasteiger charge is -2.04. The zero-order valence-corrected chi connectivity index (χ0v) is 9.93. The smallest absolute Gasteiger partial charge is 0.338 e. The quantitative estimate of drug-likeness (QED) is 0.627. The van der Waals surface area contributed by atoms with Gasteiger partial charge in [0.15, 0.2) is 0 Å². The van der Waals surface area contributed by atoms with Crippen molar-refractivity contribution in [3.05, 3.63) is 26.6 Å². The largest absolute Gasteiger partial charge is 0.478 e. The van der Waals surface area contributed by atoms with Gasteiger partial charge in [0.05, 0.1) is 11.3 Å². The van der Waals surface area contributed by atoms with E-state index in [1.165, 1.54) is 0 Å². The molecule has 3 N–H and O–H groups in total. The molecule has 0 aliphatic heterocycles. The number of rotatable bonds is 1. The fourth-order valence-corrected chi connectivity index (χ4v) is 3.21. The van der Waals surface area contributed by atoms with E-state index in [0.717, 1.165) is 10.1 Å². The molecule has 14 heavy (non-hydrogen) atoms. The Morgan fingerprint density at radius 1 is 1.57 bits per heavy atom. The predicted molar refractivity (Wildman–Crippen MR) is 65.9 cm³/mol. The van der Waals surface area contributed by atoms with Crippen LogP contribution < -0.4 is 5.73 Å². The summed E-state index contributed by atoms with van der Waals surface area (Å²) < 4.78 is 1.71. The maximum atomic E-state index is 10.9. The number of nitrogens with two attached hydrogens (primary N) is 1. The maximum Gasteiger partial charge on any atom is 0.338 e. The van der Waals surface area contributed by atoms with Gasteiger partial charge in [-0.1, -0.05) is 0 Å². The fraction of sp³-hybridized carbons (Fsp3) is 0. The first-order chi connectivity index (χ1) is 6.61. The molecular weight excluding hydrogens is 313 g/mol. The molecule has 0 fully saturated rings. The minimum absolute atomic E-state index is 0.205. The van der Waals surface area contributed by atoms with E-state index in [1.54, 1.807) is 11.3 Å². The summed E-state index contributed by atoms with van der Waals surface area (Å²) in [4.78, 5) is 10.9. The molecule has 72 valence electrons. The summed E-state index contributed by atoms with van der Waals surface area (Å²) in [6, 6.07) is 3.69. The number of aromatic carboxylic acids is 1. The molecule has 0 bridgehead atoms. The van der Waals surface area contributed by atoms with Gasteiger partial charge < -0.3 is 10.8 Å². The van der Waals surface area contributed by atoms with Crippen molar-refractivity contribution in [2.24, 2.45) is 0 Å². The minimum atomic E-state index is -0.972. The lowest BCUT2D eigenvalue weighted by Crippen LogP contribution is -2.05. The highest BCUT2D eigenvalue weighted by Crippen LogP contribution is 2.32. The minimum Gasteiger partial charge on any atom is -0.478 e. The summed E-state index contributed by atoms with van der Waals surface area (Å²) in [6.07, 6.45) is 0. The molecule has 0 saturated heterocycles. The Labute approximate surface area is 97.7 Å². The standard InChI is InChI=1S/C9H6INO2S/c10-5-3-6-4(1-2-14-6)8(11)7(5)9(12)13/h1-3H,11H2,(H,12,13). The van der Waals surface area contributed by atoms with Gasteiger partial charge >= 0.3 is 5.97 Å². The van der Waals surface area contributed by atoms with Crippen molar-refractivity contribution in [3.63, 3.8) is 0 Å². The molecule has 0 radical (unpaired) electrons. The van der Waals surface area contributed by atoms with Gasteiger partial charge in [0.2, 0.25) is 0 Å². The van der Waals surface area contributed by atoms with Gasteiger partial charge in [-0.25, -0.2) is 4.79 Å². The summed E-state index contributed by atoms with van der Waals surface area (Å²) in [5.74, 6) is -0.972. The van der Waals surface area contributed by atoms with E-state index in [9.17, 15) is 4.79 Å². The van der Waals surface area contributed by atoms with Crippen molar-refractivity contribution in [1.82, 2.24) is 0 Å². The summed E-state index contributed by atoms with van der Waals surface area (Å²) >= 11 is 3.55. The van der Waals surface area contributed by atoms with E-state index in [-0.39, 0.29) is 5.56 Å². The van der Waals surface area contributed by atoms with Gasteiger partial charge in [0.1, 0.15) is 0 Å². The number of anilines is 1. The van der Waals surface area contributed by atoms with Crippen molar-refractivity contribution in [1.29, 1.82) is 0 Å². The lowest BCUT2D eigenvalue weighted by atomic mass is 10.1. The van der Waals surface area contributed by atoms with Crippen LogP contribution in [0.2, 0.25) is 0 Å². The zero-order valence-electron chi connectivity index (χ0n) is 6.95. The van der Waals surface area contributed by atoms with Crippen LogP contribution in [0.3, 0.4) is 0 Å². The molecular formula is C9H6INO2S. The van der Waals surface area contributed by atoms with Gasteiger partial charge in [-0.15, -0.1) is 11.3 Å². The molecule has 0 aliphatic carbocycles. The molecule has 2 aromatic rings. The van der Waals surface area contributed by atoms with Crippen LogP contribution in [0.4, 0.5) is 5.69 Å². The van der Waals surface area contributed by atoms with Crippen molar-refractivity contribution in [2.75, 3.05) is 5.73 Å². The Bertz CT molecular complexity index is 521. The number of fused-ring (bicyclic) bond motifs is 1.